The molecule has 2 aromatic rings. The lowest BCUT2D eigenvalue weighted by Crippen LogP contribution is -2.16. The minimum absolute atomic E-state index is 0.119. The van der Waals surface area contributed by atoms with E-state index in [0.717, 1.165) is 34.7 Å². The molecule has 0 aliphatic rings. The van der Waals surface area contributed by atoms with Gasteiger partial charge in [0.25, 0.3) is 0 Å². The summed E-state index contributed by atoms with van der Waals surface area (Å²) in [6.07, 6.45) is 0. The van der Waals surface area contributed by atoms with Crippen LogP contribution in [0.3, 0.4) is 0 Å². The van der Waals surface area contributed by atoms with E-state index in [0.29, 0.717) is 12.1 Å². The van der Waals surface area contributed by atoms with Crippen molar-refractivity contribution in [1.82, 2.24) is 10.5 Å². The molecule has 21 heavy (non-hydrogen) atoms. The third-order valence-corrected chi connectivity index (χ3v) is 3.54. The first-order valence-electron chi connectivity index (χ1n) is 6.72. The standard InChI is InChI=1S/C15H20N4O2/c1-9-6-12(15(16)18-20)4-5-13(9)7-17-8-14-10(2)19-21-11(14)3/h4-6,17,20H,7-8H2,1-3H3,(H2,16,18). The van der Waals surface area contributed by atoms with Crippen LogP contribution >= 0.6 is 0 Å². The number of oxime groups is 1. The second-order valence-electron chi connectivity index (χ2n) is 5.03. The number of nitrogens with zero attached hydrogens (tertiary/aromatic N) is 2. The van der Waals surface area contributed by atoms with Crippen molar-refractivity contribution in [3.05, 3.63) is 51.9 Å². The summed E-state index contributed by atoms with van der Waals surface area (Å²) in [5.41, 5.74) is 10.6. The zero-order valence-corrected chi connectivity index (χ0v) is 12.5. The fraction of sp³-hybridized carbons (Fsp3) is 0.333. The van der Waals surface area contributed by atoms with Crippen LogP contribution in [0.1, 0.15) is 33.7 Å². The molecule has 0 aliphatic heterocycles. The monoisotopic (exact) mass is 288 g/mol. The molecular weight excluding hydrogens is 268 g/mol. The Labute approximate surface area is 123 Å². The molecule has 4 N–H and O–H groups in total. The Morgan fingerprint density at radius 3 is 2.67 bits per heavy atom. The van der Waals surface area contributed by atoms with Gasteiger partial charge in [-0.05, 0) is 38.0 Å². The molecule has 0 aliphatic carbocycles. The van der Waals surface area contributed by atoms with Crippen LogP contribution in [-0.4, -0.2) is 16.2 Å². The van der Waals surface area contributed by atoms with E-state index in [1.807, 2.05) is 39.0 Å². The first-order chi connectivity index (χ1) is 10.0. The first kappa shape index (κ1) is 15.1. The van der Waals surface area contributed by atoms with Crippen LogP contribution in [0.4, 0.5) is 0 Å². The Hall–Kier alpha value is -2.34. The summed E-state index contributed by atoms with van der Waals surface area (Å²) in [4.78, 5) is 0. The van der Waals surface area contributed by atoms with E-state index in [2.05, 4.69) is 15.6 Å². The summed E-state index contributed by atoms with van der Waals surface area (Å²) in [5.74, 6) is 0.965. The molecule has 6 nitrogen and oxygen atoms in total. The molecule has 112 valence electrons. The highest BCUT2D eigenvalue weighted by molar-refractivity contribution is 5.97. The van der Waals surface area contributed by atoms with Crippen molar-refractivity contribution in [2.75, 3.05) is 0 Å². The molecule has 0 fully saturated rings. The molecule has 0 amide bonds. The molecule has 1 aromatic heterocycles. The molecule has 0 saturated carbocycles. The maximum absolute atomic E-state index is 8.68. The zero-order valence-electron chi connectivity index (χ0n) is 12.5. The number of aromatic nitrogens is 1. The quantitative estimate of drug-likeness (QED) is 0.338. The summed E-state index contributed by atoms with van der Waals surface area (Å²) < 4.78 is 5.14. The molecule has 1 aromatic carbocycles. The molecular formula is C15H20N4O2. The summed E-state index contributed by atoms with van der Waals surface area (Å²) in [5, 5.41) is 19.0. The summed E-state index contributed by atoms with van der Waals surface area (Å²) in [6, 6.07) is 5.72. The maximum atomic E-state index is 8.68. The van der Waals surface area contributed by atoms with Gasteiger partial charge < -0.3 is 20.8 Å². The summed E-state index contributed by atoms with van der Waals surface area (Å²) in [6.45, 7) is 7.29. The third-order valence-electron chi connectivity index (χ3n) is 3.54. The number of amidine groups is 1. The van der Waals surface area contributed by atoms with Gasteiger partial charge in [-0.1, -0.05) is 22.4 Å². The van der Waals surface area contributed by atoms with Crippen molar-refractivity contribution in [2.24, 2.45) is 10.9 Å². The normalized spacial score (nSPS) is 11.9. The van der Waals surface area contributed by atoms with Gasteiger partial charge in [0, 0.05) is 24.2 Å². The number of nitrogens with two attached hydrogens (primary N) is 1. The number of rotatable bonds is 5. The van der Waals surface area contributed by atoms with Crippen LogP contribution in [0.5, 0.6) is 0 Å². The van der Waals surface area contributed by atoms with Crippen LogP contribution in [0, 0.1) is 20.8 Å². The Kier molecular flexibility index (Phi) is 4.59. The summed E-state index contributed by atoms with van der Waals surface area (Å²) >= 11 is 0. The number of benzene rings is 1. The average molecular weight is 288 g/mol. The molecule has 0 unspecified atom stereocenters. The zero-order chi connectivity index (χ0) is 15.4. The SMILES string of the molecule is Cc1cc(/C(N)=N/O)ccc1CNCc1c(C)noc1C. The second kappa shape index (κ2) is 6.41. The fourth-order valence-electron chi connectivity index (χ4n) is 2.19. The Morgan fingerprint density at radius 1 is 1.33 bits per heavy atom. The van der Waals surface area contributed by atoms with Gasteiger partial charge in [-0.25, -0.2) is 0 Å². The third kappa shape index (κ3) is 3.41. The van der Waals surface area contributed by atoms with Gasteiger partial charge >= 0.3 is 0 Å². The van der Waals surface area contributed by atoms with Crippen molar-refractivity contribution in [1.29, 1.82) is 0 Å². The molecule has 0 radical (unpaired) electrons. The highest BCUT2D eigenvalue weighted by atomic mass is 16.5. The number of aryl methyl sites for hydroxylation is 3. The minimum atomic E-state index is 0.119. The topological polar surface area (TPSA) is 96.7 Å². The fourth-order valence-corrected chi connectivity index (χ4v) is 2.19. The molecule has 0 bridgehead atoms. The van der Waals surface area contributed by atoms with Crippen LogP contribution in [-0.2, 0) is 13.1 Å². The minimum Gasteiger partial charge on any atom is -0.409 e. The van der Waals surface area contributed by atoms with E-state index in [1.165, 1.54) is 0 Å². The predicted molar refractivity (Wildman–Crippen MR) is 80.2 cm³/mol. The molecule has 0 saturated heterocycles. The van der Waals surface area contributed by atoms with Gasteiger partial charge in [-0.15, -0.1) is 0 Å². The highest BCUT2D eigenvalue weighted by Crippen LogP contribution is 2.14. The van der Waals surface area contributed by atoms with Crippen molar-refractivity contribution in [2.45, 2.75) is 33.9 Å². The van der Waals surface area contributed by atoms with Gasteiger partial charge in [-0.3, -0.25) is 0 Å². The maximum Gasteiger partial charge on any atom is 0.170 e. The molecule has 0 spiro atoms. The van der Waals surface area contributed by atoms with Crippen LogP contribution in [0.2, 0.25) is 0 Å². The van der Waals surface area contributed by atoms with E-state index in [4.69, 9.17) is 15.5 Å². The number of nitrogens with one attached hydrogen (secondary N) is 1. The lowest BCUT2D eigenvalue weighted by atomic mass is 10.0. The average Bonchev–Trinajstić information content (AvgIpc) is 2.79. The van der Waals surface area contributed by atoms with Gasteiger partial charge in [-0.2, -0.15) is 0 Å². The Morgan fingerprint density at radius 2 is 2.10 bits per heavy atom. The first-order valence-corrected chi connectivity index (χ1v) is 6.72. The van der Waals surface area contributed by atoms with Gasteiger partial charge in [0.2, 0.25) is 0 Å². The Balaban J connectivity index is 2.01. The highest BCUT2D eigenvalue weighted by Gasteiger charge is 2.09. The predicted octanol–water partition coefficient (Wildman–Crippen LogP) is 1.98. The molecule has 2 rings (SSSR count). The largest absolute Gasteiger partial charge is 0.409 e. The van der Waals surface area contributed by atoms with E-state index in [-0.39, 0.29) is 5.84 Å². The van der Waals surface area contributed by atoms with Gasteiger partial charge in [0.05, 0.1) is 5.69 Å². The van der Waals surface area contributed by atoms with E-state index >= 15 is 0 Å². The van der Waals surface area contributed by atoms with Crippen molar-refractivity contribution in [3.63, 3.8) is 0 Å². The molecule has 6 heteroatoms. The van der Waals surface area contributed by atoms with Crippen molar-refractivity contribution < 1.29 is 9.73 Å². The summed E-state index contributed by atoms with van der Waals surface area (Å²) in [7, 11) is 0. The lowest BCUT2D eigenvalue weighted by molar-refractivity contribution is 0.318. The second-order valence-corrected chi connectivity index (χ2v) is 5.03. The van der Waals surface area contributed by atoms with Crippen LogP contribution in [0.15, 0.2) is 27.9 Å². The molecule has 1 heterocycles. The Bertz CT molecular complexity index is 642. The van der Waals surface area contributed by atoms with E-state index < -0.39 is 0 Å². The van der Waals surface area contributed by atoms with Gasteiger partial charge in [0.1, 0.15) is 5.76 Å². The van der Waals surface area contributed by atoms with E-state index in [1.54, 1.807) is 0 Å². The number of hydrogen-bond donors (Lipinski definition) is 3. The number of hydrogen-bond acceptors (Lipinski definition) is 5. The van der Waals surface area contributed by atoms with E-state index in [9.17, 15) is 0 Å². The van der Waals surface area contributed by atoms with Crippen molar-refractivity contribution in [3.8, 4) is 0 Å². The van der Waals surface area contributed by atoms with Crippen LogP contribution < -0.4 is 11.1 Å². The smallest absolute Gasteiger partial charge is 0.170 e. The lowest BCUT2D eigenvalue weighted by Gasteiger charge is -2.09. The van der Waals surface area contributed by atoms with Gasteiger partial charge in [0.15, 0.2) is 5.84 Å². The van der Waals surface area contributed by atoms with Crippen molar-refractivity contribution >= 4 is 5.84 Å². The van der Waals surface area contributed by atoms with Crippen LogP contribution in [0.25, 0.3) is 0 Å². The molecule has 0 atom stereocenters.